The molecule has 0 aromatic carbocycles. The van der Waals surface area contributed by atoms with Gasteiger partial charge in [-0.1, -0.05) is 32.6 Å². The molecule has 0 spiro atoms. The van der Waals surface area contributed by atoms with Gasteiger partial charge in [0.25, 0.3) is 0 Å². The fraction of sp³-hybridized carbons (Fsp3) is 1.00. The van der Waals surface area contributed by atoms with E-state index in [1.807, 2.05) is 0 Å². The summed E-state index contributed by atoms with van der Waals surface area (Å²) in [6.45, 7) is 4.31. The van der Waals surface area contributed by atoms with Crippen LogP contribution in [0, 0.1) is 5.92 Å². The molecule has 0 heterocycles. The number of hydrogen-bond acceptors (Lipinski definition) is 1. The third-order valence-electron chi connectivity index (χ3n) is 2.84. The Hall–Kier alpha value is -0.0800. The lowest BCUT2D eigenvalue weighted by Gasteiger charge is -2.21. The number of rotatable bonds is 6. The second-order valence-electron chi connectivity index (χ2n) is 4.10. The topological polar surface area (TPSA) is 26.1 Å². The predicted octanol–water partition coefficient (Wildman–Crippen LogP) is 2.48. The van der Waals surface area contributed by atoms with Crippen molar-refractivity contribution in [2.45, 2.75) is 51.9 Å². The zero-order valence-corrected chi connectivity index (χ0v) is 8.89. The molecule has 13 heavy (non-hydrogen) atoms. The second kappa shape index (κ2) is 7.34. The summed E-state index contributed by atoms with van der Waals surface area (Å²) in [7, 11) is 0. The summed E-state index contributed by atoms with van der Waals surface area (Å²) >= 11 is 0. The first kappa shape index (κ1) is 11.0. The summed E-state index contributed by atoms with van der Waals surface area (Å²) in [5.74, 6) is 0.902. The van der Waals surface area contributed by atoms with Crippen LogP contribution < -0.4 is 10.9 Å². The summed E-state index contributed by atoms with van der Waals surface area (Å²) in [5.41, 5.74) is 7.52. The highest BCUT2D eigenvalue weighted by molar-refractivity contribution is 4.66. The van der Waals surface area contributed by atoms with E-state index in [9.17, 15) is 0 Å². The summed E-state index contributed by atoms with van der Waals surface area (Å²) < 4.78 is 0. The summed E-state index contributed by atoms with van der Waals surface area (Å²) in [4.78, 5) is 0. The van der Waals surface area contributed by atoms with Crippen LogP contribution in [-0.4, -0.2) is 13.1 Å². The Morgan fingerprint density at radius 3 is 2.69 bits per heavy atom. The minimum Gasteiger partial charge on any atom is -0.240 e. The number of hydrogen-bond donors (Lipinski definition) is 1. The molecule has 0 bridgehead atoms. The highest BCUT2D eigenvalue weighted by Gasteiger charge is 2.12. The van der Waals surface area contributed by atoms with Crippen molar-refractivity contribution >= 4 is 0 Å². The van der Waals surface area contributed by atoms with Crippen LogP contribution in [0.25, 0.3) is 0 Å². The van der Waals surface area contributed by atoms with Gasteiger partial charge in [-0.25, -0.2) is 5.43 Å². The molecule has 0 aromatic heterocycles. The first-order valence-corrected chi connectivity index (χ1v) is 5.83. The SMILES string of the molecule is CCCC[N]NCC1CCCCC1. The van der Waals surface area contributed by atoms with Gasteiger partial charge in [0.05, 0.1) is 0 Å². The molecule has 77 valence electrons. The molecule has 2 heteroatoms. The van der Waals surface area contributed by atoms with Gasteiger partial charge in [-0.15, -0.1) is 0 Å². The van der Waals surface area contributed by atoms with Crippen molar-refractivity contribution in [1.29, 1.82) is 0 Å². The van der Waals surface area contributed by atoms with Crippen LogP contribution in [0.15, 0.2) is 0 Å². The Balaban J connectivity index is 1.86. The number of nitrogens with one attached hydrogen (secondary N) is 1. The molecule has 0 aromatic rings. The van der Waals surface area contributed by atoms with E-state index in [0.29, 0.717) is 0 Å². The Morgan fingerprint density at radius 1 is 1.23 bits per heavy atom. The van der Waals surface area contributed by atoms with Gasteiger partial charge in [-0.3, -0.25) is 0 Å². The Labute approximate surface area is 82.5 Å². The van der Waals surface area contributed by atoms with Crippen LogP contribution in [0.3, 0.4) is 0 Å². The molecule has 0 saturated heterocycles. The Bertz CT molecular complexity index is 109. The monoisotopic (exact) mass is 183 g/mol. The molecule has 1 aliphatic rings. The molecule has 1 radical (unpaired) electrons. The van der Waals surface area contributed by atoms with E-state index < -0.39 is 0 Å². The average Bonchev–Trinajstić information content (AvgIpc) is 2.19. The fourth-order valence-corrected chi connectivity index (χ4v) is 1.90. The van der Waals surface area contributed by atoms with Crippen molar-refractivity contribution in [3.8, 4) is 0 Å². The zero-order chi connectivity index (χ0) is 9.36. The average molecular weight is 183 g/mol. The lowest BCUT2D eigenvalue weighted by molar-refractivity contribution is 0.323. The van der Waals surface area contributed by atoms with Crippen molar-refractivity contribution in [2.75, 3.05) is 13.1 Å². The van der Waals surface area contributed by atoms with Crippen molar-refractivity contribution in [3.05, 3.63) is 0 Å². The van der Waals surface area contributed by atoms with E-state index in [1.54, 1.807) is 0 Å². The van der Waals surface area contributed by atoms with Crippen molar-refractivity contribution < 1.29 is 0 Å². The molecule has 0 amide bonds. The molecule has 0 unspecified atom stereocenters. The van der Waals surface area contributed by atoms with Gasteiger partial charge in [-0.05, 0) is 25.2 Å². The third kappa shape index (κ3) is 5.27. The maximum absolute atomic E-state index is 4.31. The molecule has 1 N–H and O–H groups in total. The van der Waals surface area contributed by atoms with Gasteiger partial charge in [0.2, 0.25) is 0 Å². The minimum absolute atomic E-state index is 0.902. The van der Waals surface area contributed by atoms with E-state index in [-0.39, 0.29) is 0 Å². The zero-order valence-electron chi connectivity index (χ0n) is 8.89. The molecule has 0 aliphatic heterocycles. The van der Waals surface area contributed by atoms with Gasteiger partial charge in [0, 0.05) is 13.1 Å². The van der Waals surface area contributed by atoms with E-state index in [4.69, 9.17) is 0 Å². The summed E-state index contributed by atoms with van der Waals surface area (Å²) in [6.07, 6.45) is 9.60. The van der Waals surface area contributed by atoms with E-state index >= 15 is 0 Å². The van der Waals surface area contributed by atoms with Crippen molar-refractivity contribution in [3.63, 3.8) is 0 Å². The van der Waals surface area contributed by atoms with E-state index in [0.717, 1.165) is 19.0 Å². The summed E-state index contributed by atoms with van der Waals surface area (Å²) in [5, 5.41) is 0. The maximum Gasteiger partial charge on any atom is 0.0304 e. The normalized spacial score (nSPS) is 19.2. The van der Waals surface area contributed by atoms with Crippen LogP contribution in [0.4, 0.5) is 0 Å². The highest BCUT2D eigenvalue weighted by Crippen LogP contribution is 2.22. The van der Waals surface area contributed by atoms with Gasteiger partial charge in [-0.2, -0.15) is 5.43 Å². The fourth-order valence-electron chi connectivity index (χ4n) is 1.90. The van der Waals surface area contributed by atoms with Crippen molar-refractivity contribution in [1.82, 2.24) is 10.9 Å². The molecule has 0 atom stereocenters. The molecular weight excluding hydrogens is 160 g/mol. The predicted molar refractivity (Wildman–Crippen MR) is 56.5 cm³/mol. The van der Waals surface area contributed by atoms with Gasteiger partial charge in [0.1, 0.15) is 0 Å². The lowest BCUT2D eigenvalue weighted by atomic mass is 9.89. The third-order valence-corrected chi connectivity index (χ3v) is 2.84. The van der Waals surface area contributed by atoms with Gasteiger partial charge >= 0.3 is 0 Å². The molecular formula is C11H23N2. The van der Waals surface area contributed by atoms with Gasteiger partial charge in [0.15, 0.2) is 0 Å². The first-order chi connectivity index (χ1) is 6.43. The van der Waals surface area contributed by atoms with Crippen LogP contribution >= 0.6 is 0 Å². The molecule has 2 nitrogen and oxygen atoms in total. The minimum atomic E-state index is 0.902. The van der Waals surface area contributed by atoms with Crippen LogP contribution in [-0.2, 0) is 0 Å². The summed E-state index contributed by atoms with van der Waals surface area (Å²) in [6, 6.07) is 0. The number of nitrogens with zero attached hydrogens (tertiary/aromatic N) is 1. The van der Waals surface area contributed by atoms with Crippen LogP contribution in [0.2, 0.25) is 0 Å². The quantitative estimate of drug-likeness (QED) is 0.497. The molecule has 1 rings (SSSR count). The standard InChI is InChI=1S/C11H23N2/c1-2-3-9-12-13-10-11-7-5-4-6-8-11/h11,13H,2-10H2,1H3. The van der Waals surface area contributed by atoms with E-state index in [2.05, 4.69) is 17.8 Å². The Kier molecular flexibility index (Phi) is 6.21. The molecule has 1 aliphatic carbocycles. The molecule has 1 saturated carbocycles. The first-order valence-electron chi connectivity index (χ1n) is 5.83. The van der Waals surface area contributed by atoms with Gasteiger partial charge < -0.3 is 0 Å². The van der Waals surface area contributed by atoms with Crippen LogP contribution in [0.5, 0.6) is 0 Å². The largest absolute Gasteiger partial charge is 0.240 e. The highest BCUT2D eigenvalue weighted by atomic mass is 15.3. The second-order valence-corrected chi connectivity index (χ2v) is 4.10. The smallest absolute Gasteiger partial charge is 0.0304 e. The maximum atomic E-state index is 4.31. The Morgan fingerprint density at radius 2 is 2.00 bits per heavy atom. The number of unbranched alkanes of at least 4 members (excludes halogenated alkanes) is 1. The van der Waals surface area contributed by atoms with Crippen LogP contribution in [0.1, 0.15) is 51.9 Å². The molecule has 1 fully saturated rings. The van der Waals surface area contributed by atoms with E-state index in [1.165, 1.54) is 44.9 Å². The van der Waals surface area contributed by atoms with Crippen molar-refractivity contribution in [2.24, 2.45) is 5.92 Å². The lowest BCUT2D eigenvalue weighted by Crippen LogP contribution is -2.31.